The summed E-state index contributed by atoms with van der Waals surface area (Å²) in [6, 6.07) is -0.832. The van der Waals surface area contributed by atoms with E-state index in [9.17, 15) is 19.8 Å². The number of hydrogen-bond acceptors (Lipinski definition) is 8. The number of carboxylic acid groups (broad SMARTS) is 2. The summed E-state index contributed by atoms with van der Waals surface area (Å²) in [5, 5.41) is 37.7. The molecule has 1 rings (SSSR count). The summed E-state index contributed by atoms with van der Waals surface area (Å²) in [5.41, 5.74) is 0. The SMILES string of the molecule is COC1OC(CO)C(OC)C(O)C1N(CCC(=O)O)CCC(=O)O. The van der Waals surface area contributed by atoms with Gasteiger partial charge in [-0.1, -0.05) is 0 Å². The molecule has 0 bridgehead atoms. The summed E-state index contributed by atoms with van der Waals surface area (Å²) in [5.74, 6) is -2.10. The van der Waals surface area contributed by atoms with Crippen LogP contribution in [0.2, 0.25) is 0 Å². The molecule has 0 spiro atoms. The Balaban J connectivity index is 3.00. The van der Waals surface area contributed by atoms with E-state index in [0.717, 1.165) is 0 Å². The maximum Gasteiger partial charge on any atom is 0.304 e. The van der Waals surface area contributed by atoms with E-state index in [1.807, 2.05) is 0 Å². The molecule has 10 nitrogen and oxygen atoms in total. The second-order valence-electron chi connectivity index (χ2n) is 5.47. The Morgan fingerprint density at radius 3 is 2.00 bits per heavy atom. The molecule has 4 N–H and O–H groups in total. The van der Waals surface area contributed by atoms with Gasteiger partial charge in [-0.15, -0.1) is 0 Å². The van der Waals surface area contributed by atoms with Gasteiger partial charge in [-0.3, -0.25) is 14.5 Å². The van der Waals surface area contributed by atoms with Gasteiger partial charge in [0.15, 0.2) is 6.29 Å². The molecule has 0 aromatic rings. The fraction of sp³-hybridized carbons (Fsp3) is 0.857. The zero-order valence-corrected chi connectivity index (χ0v) is 13.7. The Morgan fingerprint density at radius 2 is 1.62 bits per heavy atom. The minimum Gasteiger partial charge on any atom is -0.481 e. The largest absolute Gasteiger partial charge is 0.481 e. The molecule has 0 aliphatic carbocycles. The lowest BCUT2D eigenvalue weighted by Crippen LogP contribution is -2.65. The fourth-order valence-corrected chi connectivity index (χ4v) is 2.82. The van der Waals surface area contributed by atoms with E-state index >= 15 is 0 Å². The summed E-state index contributed by atoms with van der Waals surface area (Å²) >= 11 is 0. The van der Waals surface area contributed by atoms with Gasteiger partial charge in [-0.25, -0.2) is 0 Å². The van der Waals surface area contributed by atoms with E-state index in [4.69, 9.17) is 24.4 Å². The van der Waals surface area contributed by atoms with E-state index in [0.29, 0.717) is 0 Å². The highest BCUT2D eigenvalue weighted by atomic mass is 16.7. The highest BCUT2D eigenvalue weighted by Crippen LogP contribution is 2.27. The molecule has 1 heterocycles. The van der Waals surface area contributed by atoms with Crippen LogP contribution in [-0.2, 0) is 23.8 Å². The van der Waals surface area contributed by atoms with Crippen LogP contribution in [0, 0.1) is 0 Å². The summed E-state index contributed by atoms with van der Waals surface area (Å²) in [4.78, 5) is 23.2. The van der Waals surface area contributed by atoms with E-state index < -0.39 is 49.2 Å². The number of aliphatic hydroxyl groups is 2. The smallest absolute Gasteiger partial charge is 0.304 e. The molecule has 10 heteroatoms. The highest BCUT2D eigenvalue weighted by Gasteiger charge is 2.48. The molecule has 5 unspecified atom stereocenters. The first-order chi connectivity index (χ1) is 11.3. The summed E-state index contributed by atoms with van der Waals surface area (Å²) < 4.78 is 16.0. The number of aliphatic hydroxyl groups excluding tert-OH is 2. The maximum atomic E-state index is 10.9. The van der Waals surface area contributed by atoms with Gasteiger partial charge in [0.05, 0.1) is 25.5 Å². The Labute approximate surface area is 139 Å². The molecule has 1 saturated heterocycles. The summed E-state index contributed by atoms with van der Waals surface area (Å²) in [6.07, 6.45) is -4.27. The predicted molar refractivity (Wildman–Crippen MR) is 79.4 cm³/mol. The van der Waals surface area contributed by atoms with Crippen LogP contribution in [0.3, 0.4) is 0 Å². The van der Waals surface area contributed by atoms with E-state index in [1.54, 1.807) is 0 Å². The lowest BCUT2D eigenvalue weighted by molar-refractivity contribution is -0.284. The van der Waals surface area contributed by atoms with Gasteiger partial charge in [0, 0.05) is 27.3 Å². The summed E-state index contributed by atoms with van der Waals surface area (Å²) in [6.45, 7) is -0.381. The normalized spacial score (nSPS) is 30.5. The number of carbonyl (C=O) groups is 2. The first-order valence-corrected chi connectivity index (χ1v) is 7.53. The van der Waals surface area contributed by atoms with Crippen LogP contribution in [0.15, 0.2) is 0 Å². The van der Waals surface area contributed by atoms with Crippen LogP contribution in [0.4, 0.5) is 0 Å². The van der Waals surface area contributed by atoms with Crippen molar-refractivity contribution in [3.63, 3.8) is 0 Å². The third-order valence-electron chi connectivity index (χ3n) is 3.97. The van der Waals surface area contributed by atoms with Crippen LogP contribution in [-0.4, -0.2) is 102 Å². The molecule has 0 aromatic carbocycles. The van der Waals surface area contributed by atoms with Crippen molar-refractivity contribution in [2.24, 2.45) is 0 Å². The molecule has 140 valence electrons. The van der Waals surface area contributed by atoms with Crippen molar-refractivity contribution < 1.29 is 44.2 Å². The zero-order valence-electron chi connectivity index (χ0n) is 13.7. The Bertz CT molecular complexity index is 401. The van der Waals surface area contributed by atoms with E-state index in [1.165, 1.54) is 19.1 Å². The second kappa shape index (κ2) is 9.87. The van der Waals surface area contributed by atoms with Gasteiger partial charge in [0.2, 0.25) is 0 Å². The lowest BCUT2D eigenvalue weighted by atomic mass is 9.95. The van der Waals surface area contributed by atoms with Gasteiger partial charge in [0.25, 0.3) is 0 Å². The molecule has 5 atom stereocenters. The quantitative estimate of drug-likeness (QED) is 0.361. The molecular weight excluding hydrogens is 326 g/mol. The summed E-state index contributed by atoms with van der Waals surface area (Å²) in [7, 11) is 2.70. The lowest BCUT2D eigenvalue weighted by Gasteiger charge is -2.47. The standard InChI is InChI=1S/C14H25NO9/c1-22-13-8(7-16)24-14(23-2)11(12(13)21)15(5-3-9(17)18)6-4-10(19)20/h8,11-14,16,21H,3-7H2,1-2H3,(H,17,18)(H,19,20). The van der Waals surface area contributed by atoms with Crippen LogP contribution in [0.5, 0.6) is 0 Å². The Kier molecular flexibility index (Phi) is 8.53. The predicted octanol–water partition coefficient (Wildman–Crippen LogP) is -1.65. The van der Waals surface area contributed by atoms with Gasteiger partial charge in [-0.2, -0.15) is 0 Å². The van der Waals surface area contributed by atoms with Crippen LogP contribution in [0.1, 0.15) is 12.8 Å². The second-order valence-corrected chi connectivity index (χ2v) is 5.47. The van der Waals surface area contributed by atoms with Gasteiger partial charge >= 0.3 is 11.9 Å². The molecule has 0 radical (unpaired) electrons. The first kappa shape index (κ1) is 20.7. The number of rotatable bonds is 10. The van der Waals surface area contributed by atoms with Crippen molar-refractivity contribution >= 4 is 11.9 Å². The molecule has 24 heavy (non-hydrogen) atoms. The minimum absolute atomic E-state index is 0.00772. The highest BCUT2D eigenvalue weighted by molar-refractivity contribution is 5.67. The topological polar surface area (TPSA) is 146 Å². The van der Waals surface area contributed by atoms with Crippen molar-refractivity contribution in [2.45, 2.75) is 43.5 Å². The van der Waals surface area contributed by atoms with E-state index in [-0.39, 0.29) is 25.9 Å². The van der Waals surface area contributed by atoms with E-state index in [2.05, 4.69) is 0 Å². The number of nitrogens with zero attached hydrogens (tertiary/aromatic N) is 1. The van der Waals surface area contributed by atoms with Crippen LogP contribution >= 0.6 is 0 Å². The Hall–Kier alpha value is -1.30. The fourth-order valence-electron chi connectivity index (χ4n) is 2.82. The minimum atomic E-state index is -1.16. The zero-order chi connectivity index (χ0) is 18.3. The van der Waals surface area contributed by atoms with Crippen molar-refractivity contribution in [1.29, 1.82) is 0 Å². The first-order valence-electron chi connectivity index (χ1n) is 7.53. The van der Waals surface area contributed by atoms with Crippen molar-refractivity contribution in [3.05, 3.63) is 0 Å². The van der Waals surface area contributed by atoms with Gasteiger partial charge < -0.3 is 34.6 Å². The molecule has 0 saturated carbocycles. The molecule has 1 aliphatic heterocycles. The Morgan fingerprint density at radius 1 is 1.08 bits per heavy atom. The molecule has 0 aromatic heterocycles. The molecule has 1 aliphatic rings. The number of methoxy groups -OCH3 is 2. The molecule has 1 fully saturated rings. The van der Waals surface area contributed by atoms with Crippen molar-refractivity contribution in [1.82, 2.24) is 4.90 Å². The van der Waals surface area contributed by atoms with Gasteiger partial charge in [0.1, 0.15) is 18.3 Å². The monoisotopic (exact) mass is 351 g/mol. The van der Waals surface area contributed by atoms with Crippen molar-refractivity contribution in [3.8, 4) is 0 Å². The maximum absolute atomic E-state index is 10.9. The number of ether oxygens (including phenoxy) is 3. The number of aliphatic carboxylic acids is 2. The van der Waals surface area contributed by atoms with Crippen molar-refractivity contribution in [2.75, 3.05) is 33.9 Å². The third-order valence-corrected chi connectivity index (χ3v) is 3.97. The molecular formula is C14H25NO9. The number of hydrogen-bond donors (Lipinski definition) is 4. The van der Waals surface area contributed by atoms with Gasteiger partial charge in [-0.05, 0) is 0 Å². The van der Waals surface area contributed by atoms with Crippen LogP contribution < -0.4 is 0 Å². The van der Waals surface area contributed by atoms with Crippen LogP contribution in [0.25, 0.3) is 0 Å². The number of carboxylic acids is 2. The molecule has 0 amide bonds. The third kappa shape index (κ3) is 5.36. The average Bonchev–Trinajstić information content (AvgIpc) is 2.54. The average molecular weight is 351 g/mol.